The predicted octanol–water partition coefficient (Wildman–Crippen LogP) is 2.38. The number of hydrogen-bond donors (Lipinski definition) is 2. The first kappa shape index (κ1) is 21.6. The largest absolute Gasteiger partial charge is 0.396 e. The van der Waals surface area contributed by atoms with Gasteiger partial charge in [-0.15, -0.1) is 0 Å². The van der Waals surface area contributed by atoms with Gasteiger partial charge in [0.2, 0.25) is 5.91 Å². The molecule has 0 radical (unpaired) electrons. The number of carbonyl (C=O) groups is 1. The molecule has 1 amide bonds. The minimum atomic E-state index is -0.460. The molecule has 5 atom stereocenters. The zero-order valence-corrected chi connectivity index (χ0v) is 18.8. The number of nitrogens with one attached hydrogen (secondary N) is 1. The molecule has 0 spiro atoms. The van der Waals surface area contributed by atoms with Crippen LogP contribution in [0.25, 0.3) is 11.1 Å². The Labute approximate surface area is 192 Å². The number of likely N-dealkylation sites (N-methyl/N-ethyl adjacent to an activating group) is 1. The summed E-state index contributed by atoms with van der Waals surface area (Å²) in [5.41, 5.74) is 3.27. The maximum atomic E-state index is 13.3. The van der Waals surface area contributed by atoms with Gasteiger partial charge < -0.3 is 15.0 Å². The number of fused-ring (bicyclic) bond motifs is 3. The van der Waals surface area contributed by atoms with Crippen molar-refractivity contribution < 1.29 is 9.90 Å². The van der Waals surface area contributed by atoms with Crippen LogP contribution in [0.2, 0.25) is 0 Å². The van der Waals surface area contributed by atoms with Crippen LogP contribution >= 0.6 is 0 Å². The first-order valence-electron chi connectivity index (χ1n) is 11.3. The Bertz CT molecular complexity index is 1210. The molecule has 170 valence electrons. The van der Waals surface area contributed by atoms with E-state index in [2.05, 4.69) is 10.3 Å². The molecule has 0 saturated carbocycles. The Morgan fingerprint density at radius 2 is 1.97 bits per heavy atom. The fraction of sp³-hybridized carbons (Fsp3) is 0.346. The lowest BCUT2D eigenvalue weighted by Gasteiger charge is -2.28. The lowest BCUT2D eigenvalue weighted by atomic mass is 9.88. The molecule has 1 fully saturated rings. The van der Waals surface area contributed by atoms with Crippen molar-refractivity contribution in [2.45, 2.75) is 31.6 Å². The number of nitrogens with zero attached hydrogens (tertiary/aromatic N) is 3. The van der Waals surface area contributed by atoms with Gasteiger partial charge in [0.05, 0.1) is 18.1 Å². The number of likely N-dealkylation sites (tertiary alicyclic amines) is 1. The molecule has 1 aromatic carbocycles. The molecular formula is C26H28N4O3. The molecule has 2 aromatic heterocycles. The highest BCUT2D eigenvalue weighted by Crippen LogP contribution is 2.48. The number of benzene rings is 1. The van der Waals surface area contributed by atoms with Crippen molar-refractivity contribution in [1.82, 2.24) is 19.8 Å². The first-order valence-corrected chi connectivity index (χ1v) is 11.3. The van der Waals surface area contributed by atoms with E-state index in [4.69, 9.17) is 0 Å². The number of aromatic nitrogens is 2. The fourth-order valence-corrected chi connectivity index (χ4v) is 5.64. The Hall–Kier alpha value is -3.29. The van der Waals surface area contributed by atoms with Gasteiger partial charge in [0, 0.05) is 54.2 Å². The van der Waals surface area contributed by atoms with Gasteiger partial charge in [0.25, 0.3) is 5.56 Å². The van der Waals surface area contributed by atoms with Crippen LogP contribution in [0.3, 0.4) is 0 Å². The van der Waals surface area contributed by atoms with E-state index in [1.54, 1.807) is 17.0 Å². The monoisotopic (exact) mass is 444 g/mol. The molecule has 7 heteroatoms. The van der Waals surface area contributed by atoms with E-state index in [1.807, 2.05) is 73.5 Å². The molecule has 33 heavy (non-hydrogen) atoms. The molecule has 1 saturated heterocycles. The number of amides is 1. The van der Waals surface area contributed by atoms with Gasteiger partial charge in [-0.05, 0) is 37.7 Å². The van der Waals surface area contributed by atoms with Crippen LogP contribution in [0, 0.1) is 11.8 Å². The first-order chi connectivity index (χ1) is 16.0. The zero-order valence-electron chi connectivity index (χ0n) is 18.8. The molecule has 0 bridgehead atoms. The lowest BCUT2D eigenvalue weighted by molar-refractivity contribution is -0.127. The standard InChI is InChI=1S/C26H28N4O3/c1-16(17-7-4-3-5-8-17)28-25(32)24-21(15-31)20-14-30-22(23(20)29(24)2)11-10-19(26(30)33)18-9-6-12-27-13-18/h3-13,16,20-21,23-24,31H,14-15H2,1-2H3,(H,28,32)/t16-,20+,21+,23-,24+/m0/s1. The lowest BCUT2D eigenvalue weighted by Crippen LogP contribution is -2.47. The van der Waals surface area contributed by atoms with Crippen molar-refractivity contribution in [3.05, 3.63) is 88.6 Å². The van der Waals surface area contributed by atoms with E-state index in [-0.39, 0.29) is 42.0 Å². The second kappa shape index (κ2) is 8.57. The van der Waals surface area contributed by atoms with Crippen molar-refractivity contribution in [2.75, 3.05) is 13.7 Å². The predicted molar refractivity (Wildman–Crippen MR) is 125 cm³/mol. The number of hydrogen-bond acceptors (Lipinski definition) is 5. The number of aliphatic hydroxyl groups is 1. The molecule has 7 nitrogen and oxygen atoms in total. The summed E-state index contributed by atoms with van der Waals surface area (Å²) in [4.78, 5) is 32.8. The van der Waals surface area contributed by atoms with Gasteiger partial charge in [0.1, 0.15) is 0 Å². The summed E-state index contributed by atoms with van der Waals surface area (Å²) in [6, 6.07) is 16.7. The SMILES string of the molecule is C[C@H](NC(=O)[C@H]1[C@H](CO)[C@H]2Cn3c(ccc(-c4cccnc4)c3=O)[C@H]2N1C)c1ccccc1. The smallest absolute Gasteiger partial charge is 0.258 e. The molecule has 5 rings (SSSR count). The summed E-state index contributed by atoms with van der Waals surface area (Å²) in [6.07, 6.45) is 3.37. The zero-order chi connectivity index (χ0) is 23.1. The van der Waals surface area contributed by atoms with Gasteiger partial charge in [-0.3, -0.25) is 19.5 Å². The third-order valence-electron chi connectivity index (χ3n) is 7.25. The van der Waals surface area contributed by atoms with Gasteiger partial charge >= 0.3 is 0 Å². The van der Waals surface area contributed by atoms with Crippen LogP contribution < -0.4 is 10.9 Å². The average molecular weight is 445 g/mol. The minimum absolute atomic E-state index is 0.0142. The van der Waals surface area contributed by atoms with Crippen LogP contribution in [-0.4, -0.2) is 45.2 Å². The molecule has 2 N–H and O–H groups in total. The summed E-state index contributed by atoms with van der Waals surface area (Å²) < 4.78 is 1.80. The third kappa shape index (κ3) is 3.57. The molecule has 4 heterocycles. The van der Waals surface area contributed by atoms with Crippen LogP contribution in [0.15, 0.2) is 71.8 Å². The maximum Gasteiger partial charge on any atom is 0.258 e. The summed E-state index contributed by atoms with van der Waals surface area (Å²) in [5.74, 6) is -0.369. The highest BCUT2D eigenvalue weighted by molar-refractivity contribution is 5.83. The molecule has 0 unspecified atom stereocenters. The quantitative estimate of drug-likeness (QED) is 0.631. The topological polar surface area (TPSA) is 87.5 Å². The third-order valence-corrected chi connectivity index (χ3v) is 7.25. The molecular weight excluding hydrogens is 416 g/mol. The van der Waals surface area contributed by atoms with Gasteiger partial charge in [-0.1, -0.05) is 36.4 Å². The van der Waals surface area contributed by atoms with Crippen LogP contribution in [0.4, 0.5) is 0 Å². The van der Waals surface area contributed by atoms with Crippen molar-refractivity contribution >= 4 is 5.91 Å². The van der Waals surface area contributed by atoms with Crippen molar-refractivity contribution in [1.29, 1.82) is 0 Å². The highest BCUT2D eigenvalue weighted by atomic mass is 16.3. The summed E-state index contributed by atoms with van der Waals surface area (Å²) >= 11 is 0. The van der Waals surface area contributed by atoms with Crippen LogP contribution in [-0.2, 0) is 11.3 Å². The Balaban J connectivity index is 1.43. The van der Waals surface area contributed by atoms with Crippen LogP contribution in [0.5, 0.6) is 0 Å². The van der Waals surface area contributed by atoms with E-state index in [9.17, 15) is 14.7 Å². The normalized spacial score (nSPS) is 24.8. The average Bonchev–Trinajstić information content (AvgIpc) is 3.35. The second-order valence-electron chi connectivity index (χ2n) is 9.04. The van der Waals surface area contributed by atoms with Crippen molar-refractivity contribution in [3.8, 4) is 11.1 Å². The Kier molecular flexibility index (Phi) is 5.60. The van der Waals surface area contributed by atoms with Crippen molar-refractivity contribution in [3.63, 3.8) is 0 Å². The molecule has 2 aliphatic heterocycles. The minimum Gasteiger partial charge on any atom is -0.396 e. The van der Waals surface area contributed by atoms with E-state index in [0.29, 0.717) is 12.1 Å². The van der Waals surface area contributed by atoms with E-state index < -0.39 is 6.04 Å². The Morgan fingerprint density at radius 1 is 1.18 bits per heavy atom. The Morgan fingerprint density at radius 3 is 2.67 bits per heavy atom. The summed E-state index contributed by atoms with van der Waals surface area (Å²) in [7, 11) is 1.92. The van der Waals surface area contributed by atoms with E-state index in [1.165, 1.54) is 0 Å². The van der Waals surface area contributed by atoms with Crippen LogP contribution in [0.1, 0.15) is 30.3 Å². The number of aliphatic hydroxyl groups excluding tert-OH is 1. The molecule has 3 aromatic rings. The number of carbonyl (C=O) groups excluding carboxylic acids is 1. The summed E-state index contributed by atoms with van der Waals surface area (Å²) in [5, 5.41) is 13.4. The van der Waals surface area contributed by atoms with Crippen molar-refractivity contribution in [2.24, 2.45) is 11.8 Å². The van der Waals surface area contributed by atoms with Gasteiger partial charge in [0.15, 0.2) is 0 Å². The second-order valence-corrected chi connectivity index (χ2v) is 9.04. The van der Waals surface area contributed by atoms with Gasteiger partial charge in [-0.2, -0.15) is 0 Å². The highest BCUT2D eigenvalue weighted by Gasteiger charge is 2.54. The van der Waals surface area contributed by atoms with E-state index >= 15 is 0 Å². The number of pyridine rings is 2. The van der Waals surface area contributed by atoms with Gasteiger partial charge in [-0.25, -0.2) is 0 Å². The maximum absolute atomic E-state index is 13.3. The number of rotatable bonds is 5. The summed E-state index contributed by atoms with van der Waals surface area (Å²) in [6.45, 7) is 2.34. The fourth-order valence-electron chi connectivity index (χ4n) is 5.64. The van der Waals surface area contributed by atoms with E-state index in [0.717, 1.165) is 16.8 Å². The molecule has 2 aliphatic rings. The molecule has 0 aliphatic carbocycles.